The quantitative estimate of drug-likeness (QED) is 0.806. The van der Waals surface area contributed by atoms with E-state index >= 15 is 0 Å². The summed E-state index contributed by atoms with van der Waals surface area (Å²) in [5, 5.41) is 11.2. The molecule has 0 aliphatic carbocycles. The average molecular weight is 374 g/mol. The highest BCUT2D eigenvalue weighted by Gasteiger charge is 2.14. The van der Waals surface area contributed by atoms with Gasteiger partial charge in [-0.1, -0.05) is 27.5 Å². The largest absolute Gasteiger partial charge is 0.478 e. The summed E-state index contributed by atoms with van der Waals surface area (Å²) >= 11 is 8.87. The molecule has 0 atom stereocenters. The normalized spacial score (nSPS) is 10.2. The first kappa shape index (κ1) is 15.4. The molecule has 0 fully saturated rings. The zero-order valence-corrected chi connectivity index (χ0v) is 12.6. The highest BCUT2D eigenvalue weighted by molar-refractivity contribution is 9.10. The number of aromatic nitrogens is 1. The molecule has 0 aliphatic rings. The molecule has 2 aromatic rings. The van der Waals surface area contributed by atoms with Crippen molar-refractivity contribution in [2.24, 2.45) is 0 Å². The molecule has 1 amide bonds. The SMILES string of the molecule is O=C(O)c1cc(Br)cc(NC(=O)c2cc(F)cnc2Cl)c1. The highest BCUT2D eigenvalue weighted by Crippen LogP contribution is 2.21. The van der Waals surface area contributed by atoms with Crippen molar-refractivity contribution in [1.82, 2.24) is 4.98 Å². The number of hydrogen-bond acceptors (Lipinski definition) is 3. The van der Waals surface area contributed by atoms with Crippen LogP contribution in [0.15, 0.2) is 34.9 Å². The van der Waals surface area contributed by atoms with Crippen molar-refractivity contribution in [2.75, 3.05) is 5.32 Å². The number of anilines is 1. The molecule has 0 saturated heterocycles. The average Bonchev–Trinajstić information content (AvgIpc) is 2.40. The molecule has 108 valence electrons. The zero-order chi connectivity index (χ0) is 15.6. The summed E-state index contributed by atoms with van der Waals surface area (Å²) in [7, 11) is 0. The Morgan fingerprint density at radius 3 is 2.67 bits per heavy atom. The molecule has 0 bridgehead atoms. The number of pyridine rings is 1. The smallest absolute Gasteiger partial charge is 0.335 e. The number of carboxylic acids is 1. The second-order valence-corrected chi connectivity index (χ2v) is 5.25. The van der Waals surface area contributed by atoms with Crippen LogP contribution in [0, 0.1) is 5.82 Å². The maximum Gasteiger partial charge on any atom is 0.335 e. The van der Waals surface area contributed by atoms with Gasteiger partial charge in [0.1, 0.15) is 11.0 Å². The summed E-state index contributed by atoms with van der Waals surface area (Å²) in [4.78, 5) is 26.5. The first-order chi connectivity index (χ1) is 9.86. The molecule has 0 aliphatic heterocycles. The highest BCUT2D eigenvalue weighted by atomic mass is 79.9. The Balaban J connectivity index is 2.31. The summed E-state index contributed by atoms with van der Waals surface area (Å²) < 4.78 is 13.6. The lowest BCUT2D eigenvalue weighted by molar-refractivity contribution is 0.0696. The van der Waals surface area contributed by atoms with Gasteiger partial charge in [0, 0.05) is 10.2 Å². The Hall–Kier alpha value is -1.99. The van der Waals surface area contributed by atoms with Gasteiger partial charge in [-0.15, -0.1) is 0 Å². The lowest BCUT2D eigenvalue weighted by Gasteiger charge is -2.08. The lowest BCUT2D eigenvalue weighted by Crippen LogP contribution is -2.14. The van der Waals surface area contributed by atoms with Gasteiger partial charge in [0.25, 0.3) is 5.91 Å². The molecular weight excluding hydrogens is 367 g/mol. The third-order valence-electron chi connectivity index (χ3n) is 2.45. The molecule has 1 aromatic carbocycles. The summed E-state index contributed by atoms with van der Waals surface area (Å²) in [5.41, 5.74) is 0.0729. The van der Waals surface area contributed by atoms with Crippen LogP contribution in [0.3, 0.4) is 0 Å². The first-order valence-electron chi connectivity index (χ1n) is 5.53. The number of hydrogen-bond donors (Lipinski definition) is 2. The molecule has 2 rings (SSSR count). The van der Waals surface area contributed by atoms with Crippen LogP contribution in [0.5, 0.6) is 0 Å². The Bertz CT molecular complexity index is 739. The number of amides is 1. The van der Waals surface area contributed by atoms with Gasteiger partial charge in [-0.25, -0.2) is 14.2 Å². The number of carbonyl (C=O) groups is 2. The fraction of sp³-hybridized carbons (Fsp3) is 0. The predicted octanol–water partition coefficient (Wildman–Crippen LogP) is 3.59. The zero-order valence-electron chi connectivity index (χ0n) is 10.2. The van der Waals surface area contributed by atoms with Gasteiger partial charge < -0.3 is 10.4 Å². The van der Waals surface area contributed by atoms with E-state index in [0.29, 0.717) is 4.47 Å². The number of nitrogens with zero attached hydrogens (tertiary/aromatic N) is 1. The van der Waals surface area contributed by atoms with Crippen molar-refractivity contribution >= 4 is 45.1 Å². The fourth-order valence-electron chi connectivity index (χ4n) is 1.57. The third-order valence-corrected chi connectivity index (χ3v) is 3.21. The minimum atomic E-state index is -1.14. The minimum absolute atomic E-state index is 0.0110. The molecule has 0 radical (unpaired) electrons. The Labute approximate surface area is 131 Å². The molecule has 0 unspecified atom stereocenters. The van der Waals surface area contributed by atoms with Gasteiger partial charge in [-0.05, 0) is 24.3 Å². The number of rotatable bonds is 3. The molecule has 0 spiro atoms. The van der Waals surface area contributed by atoms with E-state index in [1.807, 2.05) is 0 Å². The maximum atomic E-state index is 13.1. The number of benzene rings is 1. The van der Waals surface area contributed by atoms with Crippen LogP contribution in [-0.4, -0.2) is 22.0 Å². The molecule has 5 nitrogen and oxygen atoms in total. The van der Waals surface area contributed by atoms with Crippen LogP contribution in [0.25, 0.3) is 0 Å². The first-order valence-corrected chi connectivity index (χ1v) is 6.70. The molecule has 1 heterocycles. The lowest BCUT2D eigenvalue weighted by atomic mass is 10.2. The Morgan fingerprint density at radius 2 is 2.00 bits per heavy atom. The number of carboxylic acid groups (broad SMARTS) is 1. The van der Waals surface area contributed by atoms with Crippen LogP contribution in [0.4, 0.5) is 10.1 Å². The van der Waals surface area contributed by atoms with Crippen molar-refractivity contribution < 1.29 is 19.1 Å². The standard InChI is InChI=1S/C13H7BrClFN2O3/c14-7-1-6(13(20)21)2-9(3-7)18-12(19)10-4-8(16)5-17-11(10)15/h1-5H,(H,18,19)(H,20,21). The van der Waals surface area contributed by atoms with Gasteiger partial charge in [-0.2, -0.15) is 0 Å². The number of halogens is 3. The van der Waals surface area contributed by atoms with Gasteiger partial charge in [-0.3, -0.25) is 4.79 Å². The van der Waals surface area contributed by atoms with E-state index in [2.05, 4.69) is 26.2 Å². The van der Waals surface area contributed by atoms with Crippen molar-refractivity contribution in [1.29, 1.82) is 0 Å². The minimum Gasteiger partial charge on any atom is -0.478 e. The van der Waals surface area contributed by atoms with E-state index in [4.69, 9.17) is 16.7 Å². The van der Waals surface area contributed by atoms with Crippen molar-refractivity contribution in [3.8, 4) is 0 Å². The van der Waals surface area contributed by atoms with E-state index in [0.717, 1.165) is 12.3 Å². The Kier molecular flexibility index (Phi) is 4.54. The molecule has 8 heteroatoms. The van der Waals surface area contributed by atoms with Gasteiger partial charge in [0.05, 0.1) is 17.3 Å². The van der Waals surface area contributed by atoms with Crippen LogP contribution >= 0.6 is 27.5 Å². The van der Waals surface area contributed by atoms with E-state index < -0.39 is 17.7 Å². The van der Waals surface area contributed by atoms with Gasteiger partial charge in [0.15, 0.2) is 0 Å². The molecule has 2 N–H and O–H groups in total. The second kappa shape index (κ2) is 6.19. The maximum absolute atomic E-state index is 13.1. The van der Waals surface area contributed by atoms with E-state index in [9.17, 15) is 14.0 Å². The fourth-order valence-corrected chi connectivity index (χ4v) is 2.25. The third kappa shape index (κ3) is 3.77. The van der Waals surface area contributed by atoms with Crippen molar-refractivity contribution in [3.63, 3.8) is 0 Å². The molecule has 21 heavy (non-hydrogen) atoms. The topological polar surface area (TPSA) is 79.3 Å². The monoisotopic (exact) mass is 372 g/mol. The number of aromatic carboxylic acids is 1. The summed E-state index contributed by atoms with van der Waals surface area (Å²) in [6, 6.07) is 5.10. The molecular formula is C13H7BrClFN2O3. The summed E-state index contributed by atoms with van der Waals surface area (Å²) in [6.07, 6.45) is 0.890. The summed E-state index contributed by atoms with van der Waals surface area (Å²) in [5.74, 6) is -2.54. The van der Waals surface area contributed by atoms with Crippen LogP contribution in [0.1, 0.15) is 20.7 Å². The number of carbonyl (C=O) groups excluding carboxylic acids is 1. The van der Waals surface area contributed by atoms with Gasteiger partial charge in [0.2, 0.25) is 0 Å². The molecule has 1 aromatic heterocycles. The van der Waals surface area contributed by atoms with Crippen LogP contribution in [0.2, 0.25) is 5.15 Å². The van der Waals surface area contributed by atoms with E-state index in [-0.39, 0.29) is 22.0 Å². The van der Waals surface area contributed by atoms with Gasteiger partial charge >= 0.3 is 5.97 Å². The molecule has 0 saturated carbocycles. The Morgan fingerprint density at radius 1 is 1.29 bits per heavy atom. The van der Waals surface area contributed by atoms with E-state index in [1.54, 1.807) is 0 Å². The predicted molar refractivity (Wildman–Crippen MR) is 78.3 cm³/mol. The van der Waals surface area contributed by atoms with E-state index in [1.165, 1.54) is 18.2 Å². The number of nitrogens with one attached hydrogen (secondary N) is 1. The van der Waals surface area contributed by atoms with Crippen molar-refractivity contribution in [3.05, 3.63) is 57.0 Å². The van der Waals surface area contributed by atoms with Crippen LogP contribution in [-0.2, 0) is 0 Å². The van der Waals surface area contributed by atoms with Crippen molar-refractivity contribution in [2.45, 2.75) is 0 Å². The summed E-state index contributed by atoms with van der Waals surface area (Å²) in [6.45, 7) is 0. The van der Waals surface area contributed by atoms with Crippen LogP contribution < -0.4 is 5.32 Å². The second-order valence-electron chi connectivity index (χ2n) is 3.98.